The molecule has 4 aromatic rings. The number of nitrogens with two attached hydrogens (primary N) is 1. The second-order valence-corrected chi connectivity index (χ2v) is 12.5. The molecule has 246 valence electrons. The molecule has 47 heavy (non-hydrogen) atoms. The third-order valence-corrected chi connectivity index (χ3v) is 9.39. The number of rotatable bonds is 7. The van der Waals surface area contributed by atoms with Crippen LogP contribution in [0.15, 0.2) is 29.3 Å². The van der Waals surface area contributed by atoms with E-state index in [-0.39, 0.29) is 34.2 Å². The fourth-order valence-electron chi connectivity index (χ4n) is 6.57. The summed E-state index contributed by atoms with van der Waals surface area (Å²) in [6, 6.07) is 3.17. The van der Waals surface area contributed by atoms with Crippen molar-refractivity contribution in [1.82, 2.24) is 24.0 Å². The second kappa shape index (κ2) is 11.9. The van der Waals surface area contributed by atoms with Crippen LogP contribution in [-0.2, 0) is 29.0 Å². The summed E-state index contributed by atoms with van der Waals surface area (Å²) in [6.07, 6.45) is 3.94. The summed E-state index contributed by atoms with van der Waals surface area (Å²) in [5, 5.41) is 12.9. The minimum absolute atomic E-state index is 0.0753. The summed E-state index contributed by atoms with van der Waals surface area (Å²) in [5.74, 6) is -5.02. The molecule has 0 radical (unpaired) electrons. The highest BCUT2D eigenvalue weighted by molar-refractivity contribution is 6.33. The molecule has 7 rings (SSSR count). The molecule has 3 aromatic heterocycles. The highest BCUT2D eigenvalue weighted by atomic mass is 35.5. The number of hydrogen-bond donors (Lipinski definition) is 3. The normalized spacial score (nSPS) is 18.4. The van der Waals surface area contributed by atoms with E-state index in [0.29, 0.717) is 42.8 Å². The van der Waals surface area contributed by atoms with Gasteiger partial charge in [0.05, 0.1) is 47.1 Å². The van der Waals surface area contributed by atoms with Crippen molar-refractivity contribution in [2.45, 2.75) is 44.9 Å². The number of pyridine rings is 1. The van der Waals surface area contributed by atoms with Crippen LogP contribution in [0.3, 0.4) is 0 Å². The summed E-state index contributed by atoms with van der Waals surface area (Å²) in [7, 11) is 0. The molecule has 1 aromatic carbocycles. The number of piperazine rings is 1. The van der Waals surface area contributed by atoms with E-state index in [1.54, 1.807) is 6.07 Å². The van der Waals surface area contributed by atoms with Crippen molar-refractivity contribution in [2.24, 2.45) is 5.73 Å². The average Bonchev–Trinajstić information content (AvgIpc) is 3.62. The van der Waals surface area contributed by atoms with Gasteiger partial charge in [-0.2, -0.15) is 4.39 Å². The number of anilines is 2. The summed E-state index contributed by atoms with van der Waals surface area (Å²) >= 11 is 6.44. The van der Waals surface area contributed by atoms with Crippen LogP contribution in [0.1, 0.15) is 29.5 Å². The molecule has 16 heteroatoms. The molecule has 0 aliphatic carbocycles. The number of nitrogens with zero attached hydrogens (tertiary/aromatic N) is 6. The van der Waals surface area contributed by atoms with Crippen LogP contribution in [0.25, 0.3) is 22.2 Å². The number of carbonyl (C=O) groups excluding carboxylic acids is 2. The first-order valence-corrected chi connectivity index (χ1v) is 15.6. The molecular weight excluding hydrogens is 638 g/mol. The molecular formula is C31H31ClF2N8O5. The minimum atomic E-state index is -1.69. The van der Waals surface area contributed by atoms with Gasteiger partial charge in [0, 0.05) is 62.0 Å². The monoisotopic (exact) mass is 668 g/mol. The Labute approximate surface area is 271 Å². The third-order valence-electron chi connectivity index (χ3n) is 9.09. The number of hydrogen-bond acceptors (Lipinski definition) is 9. The number of ether oxygens (including phenoxy) is 1. The summed E-state index contributed by atoms with van der Waals surface area (Å²) in [4.78, 5) is 52.7. The number of aryl methyl sites for hydroxylation is 1. The molecule has 0 bridgehead atoms. The Morgan fingerprint density at radius 1 is 1.17 bits per heavy atom. The molecule has 1 atom stereocenters. The number of nitrogens with one attached hydrogen (secondary N) is 1. The Kier molecular flexibility index (Phi) is 7.85. The van der Waals surface area contributed by atoms with E-state index < -0.39 is 45.9 Å². The van der Waals surface area contributed by atoms with E-state index in [1.807, 2.05) is 0 Å². The predicted octanol–water partition coefficient (Wildman–Crippen LogP) is 2.49. The van der Waals surface area contributed by atoms with Crippen LogP contribution in [0.4, 0.5) is 20.3 Å². The predicted molar refractivity (Wildman–Crippen MR) is 169 cm³/mol. The molecule has 13 nitrogen and oxygen atoms in total. The van der Waals surface area contributed by atoms with Crippen LogP contribution in [0.5, 0.6) is 5.75 Å². The van der Waals surface area contributed by atoms with E-state index in [4.69, 9.17) is 22.1 Å². The molecule has 2 fully saturated rings. The number of aromatic hydroxyl groups is 1. The van der Waals surface area contributed by atoms with Crippen LogP contribution in [0, 0.1) is 11.6 Å². The fraction of sp³-hybridized carbons (Fsp3) is 0.387. The first-order chi connectivity index (χ1) is 22.5. The van der Waals surface area contributed by atoms with Crippen molar-refractivity contribution in [3.8, 4) is 16.9 Å². The zero-order valence-corrected chi connectivity index (χ0v) is 26.1. The minimum Gasteiger partial charge on any atom is -0.504 e. The van der Waals surface area contributed by atoms with Crippen LogP contribution < -0.4 is 21.5 Å². The summed E-state index contributed by atoms with van der Waals surface area (Å²) in [6.45, 7) is 6.01. The van der Waals surface area contributed by atoms with Gasteiger partial charge in [-0.15, -0.1) is 0 Å². The molecule has 2 saturated heterocycles. The first-order valence-electron chi connectivity index (χ1n) is 15.2. The summed E-state index contributed by atoms with van der Waals surface area (Å²) in [5.41, 5.74) is 3.92. The lowest BCUT2D eigenvalue weighted by atomic mass is 10.0. The Morgan fingerprint density at radius 3 is 2.66 bits per heavy atom. The number of primary amides is 1. The number of amides is 2. The van der Waals surface area contributed by atoms with Crippen molar-refractivity contribution < 1.29 is 28.2 Å². The van der Waals surface area contributed by atoms with Gasteiger partial charge >= 0.3 is 0 Å². The SMILES string of the molecule is C[C@H]1CN(C2COC2)CCN1c1cc(NC(=O)Cn2cc(-c3cc(C(N)=O)c(O)c(F)c3F)c3c(=O)n4c(nc32)CCC4)c(Cl)cn1. The second-order valence-electron chi connectivity index (χ2n) is 12.1. The van der Waals surface area contributed by atoms with E-state index in [0.717, 1.165) is 38.9 Å². The zero-order chi connectivity index (χ0) is 33.1. The molecule has 0 unspecified atom stereocenters. The van der Waals surface area contributed by atoms with Gasteiger partial charge in [0.15, 0.2) is 11.6 Å². The largest absolute Gasteiger partial charge is 0.504 e. The average molecular weight is 669 g/mol. The maximum absolute atomic E-state index is 15.3. The van der Waals surface area contributed by atoms with Gasteiger partial charge in [-0.05, 0) is 19.4 Å². The topological polar surface area (TPSA) is 161 Å². The van der Waals surface area contributed by atoms with Crippen molar-refractivity contribution in [3.63, 3.8) is 0 Å². The Hall–Kier alpha value is -4.60. The lowest BCUT2D eigenvalue weighted by molar-refractivity contribution is -0.116. The number of halogens is 3. The Morgan fingerprint density at radius 2 is 1.96 bits per heavy atom. The van der Waals surface area contributed by atoms with Gasteiger partial charge in [-0.25, -0.2) is 14.4 Å². The molecule has 3 aliphatic heterocycles. The number of fused-ring (bicyclic) bond motifs is 2. The molecule has 6 heterocycles. The number of phenols is 1. The quantitative estimate of drug-likeness (QED) is 0.269. The highest BCUT2D eigenvalue weighted by Gasteiger charge is 2.33. The standard InChI is InChI=1S/C31H31ClF2N8O5/c1-15-10-39(16-13-47-14-16)5-6-41(15)23-8-21(20(32)9-36-23)37-24(43)12-40-11-19(17-7-18(29(35)45)28(44)27(34)26(17)33)25-30(40)38-22-3-2-4-42(22)31(25)46/h7-9,11,15-16,44H,2-6,10,12-14H2,1H3,(H2,35,45)(H,36,37,43)/t15-/m0/s1. The van der Waals surface area contributed by atoms with Gasteiger partial charge < -0.3 is 30.4 Å². The van der Waals surface area contributed by atoms with Crippen molar-refractivity contribution in [2.75, 3.05) is 43.1 Å². The van der Waals surface area contributed by atoms with E-state index in [1.165, 1.54) is 21.5 Å². The summed E-state index contributed by atoms with van der Waals surface area (Å²) < 4.78 is 38.2. The lowest BCUT2D eigenvalue weighted by Gasteiger charge is -2.46. The van der Waals surface area contributed by atoms with Crippen molar-refractivity contribution >= 4 is 46.0 Å². The third kappa shape index (κ3) is 5.37. The number of aromatic nitrogens is 4. The first kappa shape index (κ1) is 31.0. The van der Waals surface area contributed by atoms with E-state index in [9.17, 15) is 23.9 Å². The van der Waals surface area contributed by atoms with Crippen LogP contribution in [0.2, 0.25) is 5.02 Å². The van der Waals surface area contributed by atoms with Gasteiger partial charge in [0.2, 0.25) is 11.7 Å². The van der Waals surface area contributed by atoms with Gasteiger partial charge in [0.1, 0.15) is 23.8 Å². The van der Waals surface area contributed by atoms with Gasteiger partial charge in [-0.3, -0.25) is 23.9 Å². The van der Waals surface area contributed by atoms with Crippen molar-refractivity contribution in [3.05, 3.63) is 62.9 Å². The molecule has 3 aliphatic rings. The number of carbonyl (C=O) groups is 2. The maximum Gasteiger partial charge on any atom is 0.263 e. The van der Waals surface area contributed by atoms with Crippen LogP contribution in [-0.4, -0.2) is 85.9 Å². The van der Waals surface area contributed by atoms with E-state index >= 15 is 4.39 Å². The van der Waals surface area contributed by atoms with Gasteiger partial charge in [0.25, 0.3) is 11.5 Å². The number of benzene rings is 1. The molecule has 0 spiro atoms. The Balaban J connectivity index is 1.21. The molecule has 4 N–H and O–H groups in total. The van der Waals surface area contributed by atoms with Crippen molar-refractivity contribution in [1.29, 1.82) is 0 Å². The fourth-order valence-corrected chi connectivity index (χ4v) is 6.72. The smallest absolute Gasteiger partial charge is 0.263 e. The maximum atomic E-state index is 15.3. The van der Waals surface area contributed by atoms with Gasteiger partial charge in [-0.1, -0.05) is 11.6 Å². The molecule has 2 amide bonds. The van der Waals surface area contributed by atoms with Crippen LogP contribution >= 0.6 is 11.6 Å². The highest BCUT2D eigenvalue weighted by Crippen LogP contribution is 2.36. The van der Waals surface area contributed by atoms with E-state index in [2.05, 4.69) is 32.0 Å². The zero-order valence-electron chi connectivity index (χ0n) is 25.3. The Bertz CT molecular complexity index is 2010. The molecule has 0 saturated carbocycles. The lowest BCUT2D eigenvalue weighted by Crippen LogP contribution is -2.59.